The number of aromatic nitrogens is 2. The lowest BCUT2D eigenvalue weighted by Gasteiger charge is -2.11. The zero-order chi connectivity index (χ0) is 17.1. The maximum atomic E-state index is 12.7. The van der Waals surface area contributed by atoms with Gasteiger partial charge < -0.3 is 10.4 Å². The number of rotatable bonds is 4. The molecule has 0 saturated heterocycles. The van der Waals surface area contributed by atoms with Crippen molar-refractivity contribution in [1.82, 2.24) is 14.9 Å². The van der Waals surface area contributed by atoms with Crippen molar-refractivity contribution in [3.05, 3.63) is 70.3 Å². The minimum Gasteiger partial charge on any atom is -0.395 e. The Morgan fingerprint density at radius 2 is 1.88 bits per heavy atom. The molecule has 1 heterocycles. The molecule has 0 saturated carbocycles. The second kappa shape index (κ2) is 6.64. The lowest BCUT2D eigenvalue weighted by Crippen LogP contribution is -2.26. The molecule has 0 fully saturated rings. The van der Waals surface area contributed by atoms with E-state index >= 15 is 0 Å². The summed E-state index contributed by atoms with van der Waals surface area (Å²) in [7, 11) is 0. The van der Waals surface area contributed by atoms with Crippen molar-refractivity contribution < 1.29 is 9.90 Å². The quantitative estimate of drug-likeness (QED) is 0.760. The first kappa shape index (κ1) is 15.9. The molecule has 1 amide bonds. The molecule has 2 N–H and O–H groups in total. The van der Waals surface area contributed by atoms with Crippen LogP contribution in [0.2, 0.25) is 0 Å². The van der Waals surface area contributed by atoms with E-state index in [9.17, 15) is 9.59 Å². The van der Waals surface area contributed by atoms with Gasteiger partial charge in [-0.3, -0.25) is 14.2 Å². The van der Waals surface area contributed by atoms with E-state index in [2.05, 4.69) is 10.3 Å². The molecule has 3 aromatic rings. The van der Waals surface area contributed by atoms with Crippen LogP contribution in [0.15, 0.2) is 53.3 Å². The van der Waals surface area contributed by atoms with E-state index < -0.39 is 0 Å². The highest BCUT2D eigenvalue weighted by Crippen LogP contribution is 2.13. The largest absolute Gasteiger partial charge is 0.395 e. The molecule has 0 unspecified atom stereocenters. The molecule has 0 spiro atoms. The zero-order valence-corrected chi connectivity index (χ0v) is 13.2. The molecule has 24 heavy (non-hydrogen) atoms. The number of nitrogens with one attached hydrogen (secondary N) is 1. The molecule has 0 aliphatic carbocycles. The fourth-order valence-electron chi connectivity index (χ4n) is 2.58. The Hall–Kier alpha value is -2.99. The number of nitrogens with zero attached hydrogens (tertiary/aromatic N) is 2. The van der Waals surface area contributed by atoms with Crippen LogP contribution in [0.5, 0.6) is 0 Å². The van der Waals surface area contributed by atoms with E-state index in [1.807, 2.05) is 12.1 Å². The van der Waals surface area contributed by atoms with Crippen LogP contribution in [0.4, 0.5) is 0 Å². The summed E-state index contributed by atoms with van der Waals surface area (Å²) >= 11 is 0. The van der Waals surface area contributed by atoms with E-state index in [0.29, 0.717) is 28.0 Å². The summed E-state index contributed by atoms with van der Waals surface area (Å²) in [6.45, 7) is 1.87. The number of hydrogen-bond donors (Lipinski definition) is 2. The van der Waals surface area contributed by atoms with E-state index in [1.54, 1.807) is 43.3 Å². The number of aliphatic hydroxyl groups excluding tert-OH is 1. The Bertz CT molecular complexity index is 946. The summed E-state index contributed by atoms with van der Waals surface area (Å²) in [5.41, 5.74) is 1.63. The van der Waals surface area contributed by atoms with Gasteiger partial charge in [0.25, 0.3) is 11.5 Å². The fourth-order valence-corrected chi connectivity index (χ4v) is 2.58. The number of fused-ring (bicyclic) bond motifs is 1. The highest BCUT2D eigenvalue weighted by atomic mass is 16.3. The molecule has 0 radical (unpaired) electrons. The average Bonchev–Trinajstić information content (AvgIpc) is 2.60. The topological polar surface area (TPSA) is 84.2 Å². The van der Waals surface area contributed by atoms with Crippen molar-refractivity contribution in [2.45, 2.75) is 6.92 Å². The van der Waals surface area contributed by atoms with Gasteiger partial charge in [-0.1, -0.05) is 12.1 Å². The summed E-state index contributed by atoms with van der Waals surface area (Å²) in [5, 5.41) is 11.9. The molecule has 6 heteroatoms. The van der Waals surface area contributed by atoms with Gasteiger partial charge in [-0.15, -0.1) is 0 Å². The van der Waals surface area contributed by atoms with Gasteiger partial charge in [0, 0.05) is 12.1 Å². The van der Waals surface area contributed by atoms with Gasteiger partial charge in [-0.25, -0.2) is 4.98 Å². The second-order valence-electron chi connectivity index (χ2n) is 5.34. The second-order valence-corrected chi connectivity index (χ2v) is 5.34. The number of hydrogen-bond acceptors (Lipinski definition) is 4. The Labute approximate surface area is 138 Å². The third-order valence-corrected chi connectivity index (χ3v) is 3.73. The summed E-state index contributed by atoms with van der Waals surface area (Å²) in [6.07, 6.45) is 0. The van der Waals surface area contributed by atoms with Crippen LogP contribution >= 0.6 is 0 Å². The zero-order valence-electron chi connectivity index (χ0n) is 13.2. The van der Waals surface area contributed by atoms with Crippen molar-refractivity contribution in [2.24, 2.45) is 0 Å². The fraction of sp³-hybridized carbons (Fsp3) is 0.167. The number of aryl methyl sites for hydroxylation is 1. The molecule has 122 valence electrons. The highest BCUT2D eigenvalue weighted by molar-refractivity contribution is 5.94. The summed E-state index contributed by atoms with van der Waals surface area (Å²) in [5.74, 6) is 0.312. The van der Waals surface area contributed by atoms with Crippen LogP contribution in [0.1, 0.15) is 16.2 Å². The number of carbonyl (C=O) groups excluding carboxylic acids is 1. The highest BCUT2D eigenvalue weighted by Gasteiger charge is 2.10. The SMILES string of the molecule is Cc1nc2ccccc2c(=O)n1-c1ccc(C(=O)NCCO)cc1. The minimum atomic E-state index is -0.267. The molecule has 6 nitrogen and oxygen atoms in total. The molecule has 0 bridgehead atoms. The van der Waals surface area contributed by atoms with E-state index in [0.717, 1.165) is 0 Å². The Morgan fingerprint density at radius 3 is 2.58 bits per heavy atom. The van der Waals surface area contributed by atoms with Crippen molar-refractivity contribution in [2.75, 3.05) is 13.2 Å². The maximum absolute atomic E-state index is 12.7. The lowest BCUT2D eigenvalue weighted by atomic mass is 10.2. The first-order chi connectivity index (χ1) is 11.6. The predicted octanol–water partition coefficient (Wildman–Crippen LogP) is 1.42. The molecule has 0 atom stereocenters. The smallest absolute Gasteiger partial charge is 0.265 e. The Morgan fingerprint density at radius 1 is 1.17 bits per heavy atom. The molecular weight excluding hydrogens is 306 g/mol. The minimum absolute atomic E-state index is 0.110. The van der Waals surface area contributed by atoms with Crippen LogP contribution in [-0.4, -0.2) is 33.7 Å². The van der Waals surface area contributed by atoms with Crippen molar-refractivity contribution in [3.8, 4) is 5.69 Å². The van der Waals surface area contributed by atoms with Gasteiger partial charge in [0.1, 0.15) is 5.82 Å². The normalized spacial score (nSPS) is 10.8. The van der Waals surface area contributed by atoms with E-state index in [1.165, 1.54) is 4.57 Å². The third kappa shape index (κ3) is 2.91. The molecule has 0 aliphatic heterocycles. The number of para-hydroxylation sites is 1. The lowest BCUT2D eigenvalue weighted by molar-refractivity contribution is 0.0945. The van der Waals surface area contributed by atoms with Crippen molar-refractivity contribution in [1.29, 1.82) is 0 Å². The summed E-state index contributed by atoms with van der Waals surface area (Å²) < 4.78 is 1.53. The van der Waals surface area contributed by atoms with E-state index in [-0.39, 0.29) is 24.6 Å². The number of benzene rings is 2. The van der Waals surface area contributed by atoms with Crippen LogP contribution in [0, 0.1) is 6.92 Å². The van der Waals surface area contributed by atoms with Crippen LogP contribution < -0.4 is 10.9 Å². The number of carbonyl (C=O) groups is 1. The summed E-state index contributed by atoms with van der Waals surface area (Å²) in [6, 6.07) is 13.9. The third-order valence-electron chi connectivity index (χ3n) is 3.73. The van der Waals surface area contributed by atoms with E-state index in [4.69, 9.17) is 5.11 Å². The number of amides is 1. The standard InChI is InChI=1S/C18H17N3O3/c1-12-20-16-5-3-2-4-15(16)18(24)21(12)14-8-6-13(7-9-14)17(23)19-10-11-22/h2-9,22H,10-11H2,1H3,(H,19,23). The number of aliphatic hydroxyl groups is 1. The molecule has 1 aromatic heterocycles. The monoisotopic (exact) mass is 323 g/mol. The molecule has 3 rings (SSSR count). The van der Waals surface area contributed by atoms with Gasteiger partial charge >= 0.3 is 0 Å². The predicted molar refractivity (Wildman–Crippen MR) is 91.5 cm³/mol. The van der Waals surface area contributed by atoms with Crippen molar-refractivity contribution in [3.63, 3.8) is 0 Å². The van der Waals surface area contributed by atoms with Crippen LogP contribution in [0.3, 0.4) is 0 Å². The van der Waals surface area contributed by atoms with Crippen molar-refractivity contribution >= 4 is 16.8 Å². The van der Waals surface area contributed by atoms with Gasteiger partial charge in [-0.05, 0) is 43.3 Å². The van der Waals surface area contributed by atoms with Gasteiger partial charge in [-0.2, -0.15) is 0 Å². The van der Waals surface area contributed by atoms with Gasteiger partial charge in [0.15, 0.2) is 0 Å². The Kier molecular flexibility index (Phi) is 4.39. The average molecular weight is 323 g/mol. The first-order valence-corrected chi connectivity index (χ1v) is 7.59. The first-order valence-electron chi connectivity index (χ1n) is 7.59. The molecule has 2 aromatic carbocycles. The van der Waals surface area contributed by atoms with Crippen LogP contribution in [-0.2, 0) is 0 Å². The molecular formula is C18H17N3O3. The Balaban J connectivity index is 2.02. The van der Waals surface area contributed by atoms with Crippen LogP contribution in [0.25, 0.3) is 16.6 Å². The van der Waals surface area contributed by atoms with Gasteiger partial charge in [0.2, 0.25) is 0 Å². The molecule has 0 aliphatic rings. The maximum Gasteiger partial charge on any atom is 0.265 e. The van der Waals surface area contributed by atoms with Gasteiger partial charge in [0.05, 0.1) is 23.2 Å². The summed E-state index contributed by atoms with van der Waals surface area (Å²) in [4.78, 5) is 29.0.